The number of methoxy groups -OCH3 is 2. The maximum Gasteiger partial charge on any atom is 0.223 e. The Morgan fingerprint density at radius 2 is 1.97 bits per heavy atom. The molecule has 1 amide bonds. The van der Waals surface area contributed by atoms with Gasteiger partial charge in [-0.05, 0) is 56.7 Å². The van der Waals surface area contributed by atoms with Crippen LogP contribution in [0, 0.1) is 19.8 Å². The Morgan fingerprint density at radius 3 is 2.57 bits per heavy atom. The number of carbonyl (C=O) groups excluding carboxylic acids is 1. The SMILES string of the molecule is COc1ccc(CN(C(=O)CCc2c(C)nn(CC(C)C)c2C)C2CC2)c(OC)c1. The summed E-state index contributed by atoms with van der Waals surface area (Å²) in [5.74, 6) is 2.26. The fraction of sp³-hybridized carbons (Fsp3) is 0.583. The standard InChI is InChI=1S/C24H35N3O3/c1-16(2)14-27-18(4)22(17(3)25-27)11-12-24(28)26(20-8-9-20)15-19-7-10-21(29-5)13-23(19)30-6/h7,10,13,16,20H,8-9,11-12,14-15H2,1-6H3. The third kappa shape index (κ3) is 5.15. The highest BCUT2D eigenvalue weighted by atomic mass is 16.5. The van der Waals surface area contributed by atoms with Gasteiger partial charge < -0.3 is 14.4 Å². The largest absolute Gasteiger partial charge is 0.497 e. The average molecular weight is 414 g/mol. The molecule has 0 radical (unpaired) electrons. The molecule has 0 aliphatic heterocycles. The summed E-state index contributed by atoms with van der Waals surface area (Å²) in [4.78, 5) is 15.2. The zero-order chi connectivity index (χ0) is 21.8. The van der Waals surface area contributed by atoms with Gasteiger partial charge in [-0.1, -0.05) is 13.8 Å². The van der Waals surface area contributed by atoms with Crippen molar-refractivity contribution in [1.82, 2.24) is 14.7 Å². The summed E-state index contributed by atoms with van der Waals surface area (Å²) >= 11 is 0. The molecule has 3 rings (SSSR count). The molecular weight excluding hydrogens is 378 g/mol. The van der Waals surface area contributed by atoms with Crippen molar-refractivity contribution in [2.24, 2.45) is 5.92 Å². The van der Waals surface area contributed by atoms with Crippen molar-refractivity contribution in [1.29, 1.82) is 0 Å². The molecule has 1 aromatic carbocycles. The highest BCUT2D eigenvalue weighted by Crippen LogP contribution is 2.32. The Bertz CT molecular complexity index is 884. The van der Waals surface area contributed by atoms with Gasteiger partial charge >= 0.3 is 0 Å². The van der Waals surface area contributed by atoms with Gasteiger partial charge in [0.15, 0.2) is 0 Å². The van der Waals surface area contributed by atoms with Crippen LogP contribution in [0.4, 0.5) is 0 Å². The third-order valence-electron chi connectivity index (χ3n) is 5.80. The summed E-state index contributed by atoms with van der Waals surface area (Å²) in [6, 6.07) is 6.13. The lowest BCUT2D eigenvalue weighted by Crippen LogP contribution is -2.33. The van der Waals surface area contributed by atoms with E-state index < -0.39 is 0 Å². The van der Waals surface area contributed by atoms with E-state index in [1.54, 1.807) is 14.2 Å². The van der Waals surface area contributed by atoms with Crippen molar-refractivity contribution in [2.45, 2.75) is 72.5 Å². The number of nitrogens with zero attached hydrogens (tertiary/aromatic N) is 3. The van der Waals surface area contributed by atoms with Gasteiger partial charge in [-0.3, -0.25) is 9.48 Å². The minimum atomic E-state index is 0.200. The van der Waals surface area contributed by atoms with Crippen LogP contribution in [0.1, 0.15) is 55.6 Å². The molecule has 0 spiro atoms. The van der Waals surface area contributed by atoms with Gasteiger partial charge in [-0.25, -0.2) is 0 Å². The molecule has 0 unspecified atom stereocenters. The Balaban J connectivity index is 1.70. The highest BCUT2D eigenvalue weighted by molar-refractivity contribution is 5.77. The number of aromatic nitrogens is 2. The number of amides is 1. The molecule has 0 bridgehead atoms. The van der Waals surface area contributed by atoms with E-state index in [0.29, 0.717) is 24.9 Å². The lowest BCUT2D eigenvalue weighted by molar-refractivity contribution is -0.132. The first-order valence-electron chi connectivity index (χ1n) is 10.9. The Morgan fingerprint density at radius 1 is 1.23 bits per heavy atom. The van der Waals surface area contributed by atoms with Gasteiger partial charge in [0.05, 0.1) is 19.9 Å². The topological polar surface area (TPSA) is 56.6 Å². The summed E-state index contributed by atoms with van der Waals surface area (Å²) < 4.78 is 12.9. The van der Waals surface area contributed by atoms with E-state index in [1.807, 2.05) is 30.0 Å². The Kier molecular flexibility index (Phi) is 7.06. The molecule has 1 aliphatic rings. The molecule has 0 N–H and O–H groups in total. The van der Waals surface area contributed by atoms with Crippen molar-refractivity contribution >= 4 is 5.91 Å². The van der Waals surface area contributed by atoms with Crippen LogP contribution < -0.4 is 9.47 Å². The second-order valence-electron chi connectivity index (χ2n) is 8.66. The third-order valence-corrected chi connectivity index (χ3v) is 5.80. The van der Waals surface area contributed by atoms with Crippen LogP contribution >= 0.6 is 0 Å². The first-order chi connectivity index (χ1) is 14.3. The number of aryl methyl sites for hydroxylation is 1. The minimum Gasteiger partial charge on any atom is -0.497 e. The number of carbonyl (C=O) groups is 1. The molecule has 1 heterocycles. The quantitative estimate of drug-likeness (QED) is 0.583. The minimum absolute atomic E-state index is 0.200. The Labute approximate surface area is 180 Å². The van der Waals surface area contributed by atoms with Crippen LogP contribution in [0.15, 0.2) is 18.2 Å². The zero-order valence-corrected chi connectivity index (χ0v) is 19.2. The van der Waals surface area contributed by atoms with Gasteiger partial charge in [0, 0.05) is 42.9 Å². The lowest BCUT2D eigenvalue weighted by atomic mass is 10.1. The van der Waals surface area contributed by atoms with Gasteiger partial charge in [-0.15, -0.1) is 0 Å². The van der Waals surface area contributed by atoms with Crippen LogP contribution in [0.25, 0.3) is 0 Å². The van der Waals surface area contributed by atoms with E-state index in [2.05, 4.69) is 25.5 Å². The smallest absolute Gasteiger partial charge is 0.223 e. The maximum absolute atomic E-state index is 13.2. The summed E-state index contributed by atoms with van der Waals surface area (Å²) in [5, 5.41) is 4.69. The van der Waals surface area contributed by atoms with Gasteiger partial charge in [0.2, 0.25) is 5.91 Å². The fourth-order valence-electron chi connectivity index (χ4n) is 3.97. The van der Waals surface area contributed by atoms with Crippen molar-refractivity contribution in [3.8, 4) is 11.5 Å². The summed E-state index contributed by atoms with van der Waals surface area (Å²) in [7, 11) is 3.30. The van der Waals surface area contributed by atoms with E-state index in [0.717, 1.165) is 48.6 Å². The van der Waals surface area contributed by atoms with Crippen molar-refractivity contribution in [3.63, 3.8) is 0 Å². The normalized spacial score (nSPS) is 13.6. The monoisotopic (exact) mass is 413 g/mol. The predicted molar refractivity (Wildman–Crippen MR) is 118 cm³/mol. The second-order valence-corrected chi connectivity index (χ2v) is 8.66. The van der Waals surface area contributed by atoms with Crippen LogP contribution in [0.2, 0.25) is 0 Å². The Hall–Kier alpha value is -2.50. The molecule has 6 heteroatoms. The van der Waals surface area contributed by atoms with E-state index in [9.17, 15) is 4.79 Å². The molecule has 1 aromatic heterocycles. The number of hydrogen-bond acceptors (Lipinski definition) is 4. The van der Waals surface area contributed by atoms with Crippen LogP contribution in [-0.4, -0.2) is 40.8 Å². The molecule has 1 fully saturated rings. The molecule has 0 atom stereocenters. The van der Waals surface area contributed by atoms with E-state index >= 15 is 0 Å². The average Bonchev–Trinajstić information content (AvgIpc) is 3.52. The second kappa shape index (κ2) is 9.54. The first-order valence-corrected chi connectivity index (χ1v) is 10.9. The van der Waals surface area contributed by atoms with Crippen molar-refractivity contribution in [3.05, 3.63) is 40.7 Å². The van der Waals surface area contributed by atoms with E-state index in [4.69, 9.17) is 14.6 Å². The number of ether oxygens (including phenoxy) is 2. The van der Waals surface area contributed by atoms with E-state index in [1.165, 1.54) is 11.3 Å². The lowest BCUT2D eigenvalue weighted by Gasteiger charge is -2.24. The van der Waals surface area contributed by atoms with Crippen LogP contribution in [0.5, 0.6) is 11.5 Å². The summed E-state index contributed by atoms with van der Waals surface area (Å²) in [6.07, 6.45) is 3.39. The highest BCUT2D eigenvalue weighted by Gasteiger charge is 2.33. The summed E-state index contributed by atoms with van der Waals surface area (Å²) in [5.41, 5.74) is 4.44. The zero-order valence-electron chi connectivity index (χ0n) is 19.2. The van der Waals surface area contributed by atoms with Gasteiger partial charge in [-0.2, -0.15) is 5.10 Å². The fourth-order valence-corrected chi connectivity index (χ4v) is 3.97. The predicted octanol–water partition coefficient (Wildman–Crippen LogP) is 4.30. The van der Waals surface area contributed by atoms with Crippen molar-refractivity contribution < 1.29 is 14.3 Å². The molecule has 6 nitrogen and oxygen atoms in total. The molecule has 30 heavy (non-hydrogen) atoms. The molecular formula is C24H35N3O3. The van der Waals surface area contributed by atoms with Crippen LogP contribution in [-0.2, 0) is 24.3 Å². The number of hydrogen-bond donors (Lipinski definition) is 0. The van der Waals surface area contributed by atoms with Crippen LogP contribution in [0.3, 0.4) is 0 Å². The molecule has 164 valence electrons. The molecule has 1 aliphatic carbocycles. The van der Waals surface area contributed by atoms with Crippen molar-refractivity contribution in [2.75, 3.05) is 14.2 Å². The van der Waals surface area contributed by atoms with E-state index in [-0.39, 0.29) is 5.91 Å². The maximum atomic E-state index is 13.2. The first kappa shape index (κ1) is 22.2. The summed E-state index contributed by atoms with van der Waals surface area (Å²) in [6.45, 7) is 10.0. The molecule has 0 saturated heterocycles. The molecule has 2 aromatic rings. The van der Waals surface area contributed by atoms with Gasteiger partial charge in [0.25, 0.3) is 0 Å². The number of benzene rings is 1. The molecule has 1 saturated carbocycles. The van der Waals surface area contributed by atoms with Gasteiger partial charge in [0.1, 0.15) is 11.5 Å². The number of rotatable bonds is 10.